The molecule has 0 amide bonds. The van der Waals surface area contributed by atoms with Gasteiger partial charge >= 0.3 is 5.97 Å². The predicted octanol–water partition coefficient (Wildman–Crippen LogP) is 1.90. The van der Waals surface area contributed by atoms with E-state index in [0.717, 1.165) is 6.07 Å². The van der Waals surface area contributed by atoms with E-state index in [1.807, 2.05) is 0 Å². The zero-order chi connectivity index (χ0) is 12.6. The Morgan fingerprint density at radius 1 is 1.29 bits per heavy atom. The average molecular weight is 240 g/mol. The zero-order valence-electron chi connectivity index (χ0n) is 8.28. The van der Waals surface area contributed by atoms with E-state index < -0.39 is 23.2 Å². The Hall–Kier alpha value is -2.44. The molecule has 1 heterocycles. The molecule has 1 aromatic heterocycles. The van der Waals surface area contributed by atoms with Gasteiger partial charge in [0.1, 0.15) is 11.6 Å². The Labute approximate surface area is 93.4 Å². The molecule has 0 aliphatic heterocycles. The smallest absolute Gasteiger partial charge is 0.338 e. The highest BCUT2D eigenvalue weighted by molar-refractivity contribution is 5.89. The number of carboxylic acid groups (broad SMARTS) is 1. The van der Waals surface area contributed by atoms with Crippen LogP contribution in [0.25, 0.3) is 11.3 Å². The minimum absolute atomic E-state index is 0.0144. The van der Waals surface area contributed by atoms with Crippen molar-refractivity contribution in [1.82, 2.24) is 5.16 Å². The van der Waals surface area contributed by atoms with Gasteiger partial charge in [0.25, 0.3) is 0 Å². The Bertz CT molecular complexity index is 595. The SMILES string of the molecule is Nc1cc(-c2cc(C(=O)O)c(F)cc2F)on1. The first kappa shape index (κ1) is 11.1. The number of aromatic carboxylic acids is 1. The molecule has 0 atom stereocenters. The van der Waals surface area contributed by atoms with E-state index in [2.05, 4.69) is 9.68 Å². The van der Waals surface area contributed by atoms with Crippen LogP contribution in [0.2, 0.25) is 0 Å². The van der Waals surface area contributed by atoms with Crippen molar-refractivity contribution in [2.45, 2.75) is 0 Å². The van der Waals surface area contributed by atoms with Gasteiger partial charge in [-0.25, -0.2) is 13.6 Å². The predicted molar refractivity (Wildman–Crippen MR) is 53.2 cm³/mol. The van der Waals surface area contributed by atoms with E-state index in [1.54, 1.807) is 0 Å². The molecule has 0 unspecified atom stereocenters. The Balaban J connectivity index is 2.62. The number of rotatable bonds is 2. The van der Waals surface area contributed by atoms with Crippen molar-refractivity contribution in [3.63, 3.8) is 0 Å². The lowest BCUT2D eigenvalue weighted by Gasteiger charge is -2.02. The molecule has 2 rings (SSSR count). The van der Waals surface area contributed by atoms with Crippen molar-refractivity contribution in [3.05, 3.63) is 35.4 Å². The Morgan fingerprint density at radius 3 is 2.53 bits per heavy atom. The number of benzene rings is 1. The number of carboxylic acids is 1. The number of nitrogen functional groups attached to an aromatic ring is 1. The van der Waals surface area contributed by atoms with Gasteiger partial charge < -0.3 is 15.4 Å². The van der Waals surface area contributed by atoms with Gasteiger partial charge in [0.15, 0.2) is 11.6 Å². The number of hydrogen-bond acceptors (Lipinski definition) is 4. The first-order valence-electron chi connectivity index (χ1n) is 4.44. The molecule has 88 valence electrons. The topological polar surface area (TPSA) is 89.4 Å². The molecule has 1 aromatic carbocycles. The molecular weight excluding hydrogens is 234 g/mol. The lowest BCUT2D eigenvalue weighted by Crippen LogP contribution is -2.02. The van der Waals surface area contributed by atoms with Crippen LogP contribution in [0, 0.1) is 11.6 Å². The van der Waals surface area contributed by atoms with Crippen LogP contribution in [-0.4, -0.2) is 16.2 Å². The summed E-state index contributed by atoms with van der Waals surface area (Å²) in [5.74, 6) is -3.67. The number of nitrogens with two attached hydrogens (primary N) is 1. The molecule has 0 spiro atoms. The number of aromatic nitrogens is 1. The van der Waals surface area contributed by atoms with Crippen LogP contribution >= 0.6 is 0 Å². The summed E-state index contributed by atoms with van der Waals surface area (Å²) < 4.78 is 31.2. The van der Waals surface area contributed by atoms with Gasteiger partial charge in [-0.15, -0.1) is 0 Å². The van der Waals surface area contributed by atoms with Crippen LogP contribution in [0.3, 0.4) is 0 Å². The number of halogens is 2. The van der Waals surface area contributed by atoms with Crippen LogP contribution in [0.15, 0.2) is 22.7 Å². The van der Waals surface area contributed by atoms with E-state index in [1.165, 1.54) is 6.07 Å². The quantitative estimate of drug-likeness (QED) is 0.836. The number of nitrogens with zero attached hydrogens (tertiary/aromatic N) is 1. The first-order valence-corrected chi connectivity index (χ1v) is 4.44. The Kier molecular flexibility index (Phi) is 2.51. The summed E-state index contributed by atoms with van der Waals surface area (Å²) >= 11 is 0. The second-order valence-electron chi connectivity index (χ2n) is 3.23. The molecule has 0 fully saturated rings. The maximum atomic E-state index is 13.4. The fraction of sp³-hybridized carbons (Fsp3) is 0. The molecule has 2 aromatic rings. The number of carbonyl (C=O) groups is 1. The minimum atomic E-state index is -1.50. The summed E-state index contributed by atoms with van der Waals surface area (Å²) in [6.07, 6.45) is 0. The number of anilines is 1. The van der Waals surface area contributed by atoms with Crippen molar-refractivity contribution in [2.75, 3.05) is 5.73 Å². The van der Waals surface area contributed by atoms with Gasteiger partial charge in [-0.05, 0) is 6.07 Å². The minimum Gasteiger partial charge on any atom is -0.478 e. The van der Waals surface area contributed by atoms with Crippen LogP contribution in [0.4, 0.5) is 14.6 Å². The van der Waals surface area contributed by atoms with Gasteiger partial charge in [-0.2, -0.15) is 0 Å². The summed E-state index contributed by atoms with van der Waals surface area (Å²) in [7, 11) is 0. The summed E-state index contributed by atoms with van der Waals surface area (Å²) in [5, 5.41) is 12.0. The van der Waals surface area contributed by atoms with E-state index in [-0.39, 0.29) is 17.1 Å². The van der Waals surface area contributed by atoms with Crippen molar-refractivity contribution in [3.8, 4) is 11.3 Å². The van der Waals surface area contributed by atoms with Gasteiger partial charge in [0.2, 0.25) is 0 Å². The van der Waals surface area contributed by atoms with Crippen LogP contribution < -0.4 is 5.73 Å². The molecule has 0 aliphatic carbocycles. The maximum absolute atomic E-state index is 13.4. The highest BCUT2D eigenvalue weighted by Crippen LogP contribution is 2.26. The fourth-order valence-corrected chi connectivity index (χ4v) is 1.32. The third kappa shape index (κ3) is 1.94. The van der Waals surface area contributed by atoms with E-state index >= 15 is 0 Å². The van der Waals surface area contributed by atoms with Gasteiger partial charge in [-0.3, -0.25) is 0 Å². The monoisotopic (exact) mass is 240 g/mol. The largest absolute Gasteiger partial charge is 0.478 e. The summed E-state index contributed by atoms with van der Waals surface area (Å²) in [6, 6.07) is 2.51. The summed E-state index contributed by atoms with van der Waals surface area (Å²) in [4.78, 5) is 10.7. The van der Waals surface area contributed by atoms with Crippen LogP contribution in [-0.2, 0) is 0 Å². The van der Waals surface area contributed by atoms with E-state index in [4.69, 9.17) is 10.8 Å². The molecule has 0 saturated carbocycles. The molecule has 17 heavy (non-hydrogen) atoms. The highest BCUT2D eigenvalue weighted by Gasteiger charge is 2.18. The molecule has 0 radical (unpaired) electrons. The summed E-state index contributed by atoms with van der Waals surface area (Å²) in [5.41, 5.74) is 4.41. The third-order valence-corrected chi connectivity index (χ3v) is 2.08. The fourth-order valence-electron chi connectivity index (χ4n) is 1.32. The Morgan fingerprint density at radius 2 is 2.00 bits per heavy atom. The molecule has 3 N–H and O–H groups in total. The highest BCUT2D eigenvalue weighted by atomic mass is 19.1. The van der Waals surface area contributed by atoms with E-state index in [9.17, 15) is 13.6 Å². The zero-order valence-corrected chi connectivity index (χ0v) is 8.28. The summed E-state index contributed by atoms with van der Waals surface area (Å²) in [6.45, 7) is 0. The standard InChI is InChI=1S/C10H6F2N2O3/c11-6-2-7(12)5(10(15)16)1-4(6)8-3-9(13)14-17-8/h1-3H,(H2,13,14)(H,15,16). The van der Waals surface area contributed by atoms with E-state index in [0.29, 0.717) is 6.07 Å². The molecule has 5 nitrogen and oxygen atoms in total. The normalized spacial score (nSPS) is 10.5. The first-order chi connectivity index (χ1) is 7.99. The van der Waals surface area contributed by atoms with Gasteiger partial charge in [0.05, 0.1) is 11.1 Å². The second-order valence-corrected chi connectivity index (χ2v) is 3.23. The van der Waals surface area contributed by atoms with Crippen molar-refractivity contribution >= 4 is 11.8 Å². The lowest BCUT2D eigenvalue weighted by molar-refractivity contribution is 0.0692. The van der Waals surface area contributed by atoms with Crippen LogP contribution in [0.5, 0.6) is 0 Å². The van der Waals surface area contributed by atoms with Crippen molar-refractivity contribution in [1.29, 1.82) is 0 Å². The molecule has 0 bridgehead atoms. The molecule has 7 heteroatoms. The van der Waals surface area contributed by atoms with Gasteiger partial charge in [-0.1, -0.05) is 5.16 Å². The van der Waals surface area contributed by atoms with Crippen molar-refractivity contribution in [2.24, 2.45) is 0 Å². The van der Waals surface area contributed by atoms with Gasteiger partial charge in [0, 0.05) is 12.1 Å². The molecule has 0 aliphatic rings. The third-order valence-electron chi connectivity index (χ3n) is 2.08. The average Bonchev–Trinajstić information content (AvgIpc) is 2.64. The molecular formula is C10H6F2N2O3. The maximum Gasteiger partial charge on any atom is 0.338 e. The lowest BCUT2D eigenvalue weighted by atomic mass is 10.1. The van der Waals surface area contributed by atoms with Crippen LogP contribution in [0.1, 0.15) is 10.4 Å². The molecule has 0 saturated heterocycles. The second kappa shape index (κ2) is 3.85. The number of hydrogen-bond donors (Lipinski definition) is 2. The van der Waals surface area contributed by atoms with Crippen molar-refractivity contribution < 1.29 is 23.2 Å².